The van der Waals surface area contributed by atoms with Gasteiger partial charge in [-0.25, -0.2) is 0 Å². The molecule has 3 rings (SSSR count). The molecule has 1 unspecified atom stereocenters. The van der Waals surface area contributed by atoms with E-state index in [0.717, 1.165) is 23.3 Å². The Hall–Kier alpha value is -1.46. The SMILES string of the molecule is COCCN1C(=O)C2=C(NC1S)c1ccccc1CC2(C)C. The van der Waals surface area contributed by atoms with Crippen molar-refractivity contribution in [2.45, 2.75) is 25.8 Å². The number of carbonyl (C=O) groups excluding carboxylic acids is 1. The standard InChI is InChI=1S/C17H22N2O2S/c1-17(2)10-11-6-4-5-7-12(11)14-13(17)15(20)19(8-9-21-3)16(22)18-14/h4-7,16,18,22H,8-10H2,1-3H3. The van der Waals surface area contributed by atoms with E-state index >= 15 is 0 Å². The number of methoxy groups -OCH3 is 1. The quantitative estimate of drug-likeness (QED) is 0.840. The monoisotopic (exact) mass is 318 g/mol. The van der Waals surface area contributed by atoms with Crippen molar-refractivity contribution in [3.63, 3.8) is 0 Å². The molecule has 0 saturated heterocycles. The minimum absolute atomic E-state index is 0.0605. The highest BCUT2D eigenvalue weighted by molar-refractivity contribution is 7.80. The van der Waals surface area contributed by atoms with Gasteiger partial charge in [0.15, 0.2) is 0 Å². The molecule has 4 nitrogen and oxygen atoms in total. The average Bonchev–Trinajstić information content (AvgIpc) is 2.45. The third-order valence-corrected chi connectivity index (χ3v) is 4.83. The van der Waals surface area contributed by atoms with E-state index in [4.69, 9.17) is 4.74 Å². The molecule has 1 N–H and O–H groups in total. The summed E-state index contributed by atoms with van der Waals surface area (Å²) in [6, 6.07) is 8.27. The molecular formula is C17H22N2O2S. The summed E-state index contributed by atoms with van der Waals surface area (Å²) in [5.74, 6) is 0.0605. The number of ether oxygens (including phenoxy) is 1. The van der Waals surface area contributed by atoms with Gasteiger partial charge >= 0.3 is 0 Å². The first-order valence-electron chi connectivity index (χ1n) is 7.53. The molecule has 1 aromatic rings. The van der Waals surface area contributed by atoms with E-state index < -0.39 is 0 Å². The van der Waals surface area contributed by atoms with Gasteiger partial charge in [-0.1, -0.05) is 38.1 Å². The number of benzene rings is 1. The molecule has 0 radical (unpaired) electrons. The van der Waals surface area contributed by atoms with Crippen molar-refractivity contribution < 1.29 is 9.53 Å². The molecule has 5 heteroatoms. The Bertz CT molecular complexity index is 639. The number of amides is 1. The lowest BCUT2D eigenvalue weighted by molar-refractivity contribution is -0.130. The van der Waals surface area contributed by atoms with Gasteiger partial charge in [-0.15, -0.1) is 12.6 Å². The highest BCUT2D eigenvalue weighted by Gasteiger charge is 2.43. The predicted molar refractivity (Wildman–Crippen MR) is 90.3 cm³/mol. The number of carbonyl (C=O) groups is 1. The van der Waals surface area contributed by atoms with Crippen molar-refractivity contribution in [2.75, 3.05) is 20.3 Å². The Morgan fingerprint density at radius 2 is 2.14 bits per heavy atom. The molecule has 1 heterocycles. The second-order valence-corrected chi connectivity index (χ2v) is 6.97. The first-order valence-corrected chi connectivity index (χ1v) is 8.05. The Morgan fingerprint density at radius 1 is 1.41 bits per heavy atom. The highest BCUT2D eigenvalue weighted by atomic mass is 32.1. The van der Waals surface area contributed by atoms with Crippen LogP contribution in [0.2, 0.25) is 0 Å². The summed E-state index contributed by atoms with van der Waals surface area (Å²) in [7, 11) is 1.64. The van der Waals surface area contributed by atoms with E-state index in [1.165, 1.54) is 5.56 Å². The van der Waals surface area contributed by atoms with E-state index in [2.05, 4.69) is 43.9 Å². The number of rotatable bonds is 3. The lowest BCUT2D eigenvalue weighted by atomic mass is 9.70. The summed E-state index contributed by atoms with van der Waals surface area (Å²) < 4.78 is 5.11. The normalized spacial score (nSPS) is 23.0. The summed E-state index contributed by atoms with van der Waals surface area (Å²) in [5.41, 5.74) is 3.65. The largest absolute Gasteiger partial charge is 0.383 e. The molecule has 0 fully saturated rings. The zero-order valence-corrected chi connectivity index (χ0v) is 14.1. The summed E-state index contributed by atoms with van der Waals surface area (Å²) in [6.07, 6.45) is 0.866. The van der Waals surface area contributed by atoms with Crippen LogP contribution in [0.25, 0.3) is 5.70 Å². The van der Waals surface area contributed by atoms with Gasteiger partial charge in [-0.2, -0.15) is 0 Å². The van der Waals surface area contributed by atoms with Crippen molar-refractivity contribution in [3.05, 3.63) is 41.0 Å². The first kappa shape index (κ1) is 15.4. The number of nitrogens with zero attached hydrogens (tertiary/aromatic N) is 1. The molecule has 22 heavy (non-hydrogen) atoms. The van der Waals surface area contributed by atoms with Crippen LogP contribution in [-0.2, 0) is 16.0 Å². The molecule has 0 aromatic heterocycles. The minimum atomic E-state index is -0.330. The van der Waals surface area contributed by atoms with Crippen molar-refractivity contribution in [1.29, 1.82) is 0 Å². The van der Waals surface area contributed by atoms with Crippen LogP contribution in [0.4, 0.5) is 0 Å². The zero-order chi connectivity index (χ0) is 15.9. The van der Waals surface area contributed by atoms with Crippen LogP contribution in [-0.4, -0.2) is 36.6 Å². The van der Waals surface area contributed by atoms with Crippen LogP contribution in [0, 0.1) is 5.41 Å². The second-order valence-electron chi connectivity index (χ2n) is 6.48. The molecule has 1 atom stereocenters. The van der Waals surface area contributed by atoms with Gasteiger partial charge in [0.2, 0.25) is 0 Å². The summed E-state index contributed by atoms with van der Waals surface area (Å²) >= 11 is 4.56. The highest BCUT2D eigenvalue weighted by Crippen LogP contribution is 2.44. The fraction of sp³-hybridized carbons (Fsp3) is 0.471. The van der Waals surface area contributed by atoms with Crippen molar-refractivity contribution in [3.8, 4) is 0 Å². The van der Waals surface area contributed by atoms with Crippen LogP contribution < -0.4 is 5.32 Å². The Morgan fingerprint density at radius 3 is 2.86 bits per heavy atom. The number of thiol groups is 1. The van der Waals surface area contributed by atoms with E-state index in [9.17, 15) is 4.79 Å². The molecule has 118 valence electrons. The third-order valence-electron chi connectivity index (χ3n) is 4.43. The third kappa shape index (κ3) is 2.42. The van der Waals surface area contributed by atoms with Gasteiger partial charge in [-0.3, -0.25) is 4.79 Å². The van der Waals surface area contributed by atoms with Gasteiger partial charge < -0.3 is 15.0 Å². The summed E-state index contributed by atoms with van der Waals surface area (Å²) in [6.45, 7) is 5.30. The zero-order valence-electron chi connectivity index (χ0n) is 13.2. The molecule has 0 saturated carbocycles. The maximum Gasteiger partial charge on any atom is 0.254 e. The maximum absolute atomic E-state index is 13.0. The first-order chi connectivity index (χ1) is 10.5. The van der Waals surface area contributed by atoms with E-state index in [0.29, 0.717) is 13.2 Å². The van der Waals surface area contributed by atoms with Gasteiger partial charge in [0, 0.05) is 30.2 Å². The van der Waals surface area contributed by atoms with E-state index in [1.807, 2.05) is 12.1 Å². The molecule has 0 bridgehead atoms. The van der Waals surface area contributed by atoms with Gasteiger partial charge in [0.1, 0.15) is 5.50 Å². The topological polar surface area (TPSA) is 41.6 Å². The minimum Gasteiger partial charge on any atom is -0.383 e. The van der Waals surface area contributed by atoms with Crippen molar-refractivity contribution in [1.82, 2.24) is 10.2 Å². The van der Waals surface area contributed by atoms with E-state index in [-0.39, 0.29) is 16.8 Å². The fourth-order valence-electron chi connectivity index (χ4n) is 3.38. The van der Waals surface area contributed by atoms with E-state index in [1.54, 1.807) is 12.0 Å². The Kier molecular flexibility index (Phi) is 3.95. The van der Waals surface area contributed by atoms with Crippen molar-refractivity contribution >= 4 is 24.2 Å². The van der Waals surface area contributed by atoms with Gasteiger partial charge in [-0.05, 0) is 12.0 Å². The Balaban J connectivity index is 2.08. The molecule has 1 aliphatic heterocycles. The Labute approximate surface area is 136 Å². The summed E-state index contributed by atoms with van der Waals surface area (Å²) in [4.78, 5) is 14.8. The molecular weight excluding hydrogens is 296 g/mol. The lowest BCUT2D eigenvalue weighted by Gasteiger charge is -2.44. The number of hydrogen-bond donors (Lipinski definition) is 2. The average molecular weight is 318 g/mol. The van der Waals surface area contributed by atoms with Gasteiger partial charge in [0.05, 0.1) is 12.3 Å². The molecule has 1 aliphatic carbocycles. The molecule has 0 spiro atoms. The number of nitrogens with one attached hydrogen (secondary N) is 1. The van der Waals surface area contributed by atoms with Crippen LogP contribution in [0.15, 0.2) is 29.8 Å². The van der Waals surface area contributed by atoms with Crippen LogP contribution in [0.5, 0.6) is 0 Å². The second kappa shape index (κ2) is 5.63. The van der Waals surface area contributed by atoms with Crippen LogP contribution in [0.1, 0.15) is 25.0 Å². The molecule has 1 aromatic carbocycles. The maximum atomic E-state index is 13.0. The predicted octanol–water partition coefficient (Wildman–Crippen LogP) is 2.27. The number of fused-ring (bicyclic) bond motifs is 2. The fourth-order valence-corrected chi connectivity index (χ4v) is 3.73. The number of hydrogen-bond acceptors (Lipinski definition) is 4. The van der Waals surface area contributed by atoms with Crippen molar-refractivity contribution in [2.24, 2.45) is 5.41 Å². The molecule has 2 aliphatic rings. The van der Waals surface area contributed by atoms with Crippen LogP contribution >= 0.6 is 12.6 Å². The molecule has 1 amide bonds. The summed E-state index contributed by atoms with van der Waals surface area (Å²) in [5, 5.41) is 3.41. The van der Waals surface area contributed by atoms with Gasteiger partial charge in [0.25, 0.3) is 5.91 Å². The van der Waals surface area contributed by atoms with Crippen LogP contribution in [0.3, 0.4) is 0 Å². The smallest absolute Gasteiger partial charge is 0.254 e. The lowest BCUT2D eigenvalue weighted by Crippen LogP contribution is -2.54.